The summed E-state index contributed by atoms with van der Waals surface area (Å²) in [4.78, 5) is 16.1. The van der Waals surface area contributed by atoms with Gasteiger partial charge >= 0.3 is 5.97 Å². The summed E-state index contributed by atoms with van der Waals surface area (Å²) in [5.74, 6) is -3.04. The van der Waals surface area contributed by atoms with Gasteiger partial charge in [-0.25, -0.2) is 22.6 Å². The fourth-order valence-electron chi connectivity index (χ4n) is 5.05. The van der Waals surface area contributed by atoms with Crippen LogP contribution in [-0.4, -0.2) is 36.3 Å². The summed E-state index contributed by atoms with van der Waals surface area (Å²) < 4.78 is 63.3. The molecule has 2 heterocycles. The highest BCUT2D eigenvalue weighted by Gasteiger charge is 2.40. The van der Waals surface area contributed by atoms with Crippen molar-refractivity contribution in [2.75, 3.05) is 10.6 Å². The van der Waals surface area contributed by atoms with Crippen molar-refractivity contribution in [3.05, 3.63) is 70.0 Å². The lowest BCUT2D eigenvalue weighted by molar-refractivity contribution is -0.160. The minimum atomic E-state index is -4.00. The van der Waals surface area contributed by atoms with E-state index in [1.54, 1.807) is 34.6 Å². The third-order valence-corrected chi connectivity index (χ3v) is 7.71. The van der Waals surface area contributed by atoms with Gasteiger partial charge in [-0.3, -0.25) is 4.31 Å². The number of aromatic nitrogens is 1. The second-order valence-electron chi connectivity index (χ2n) is 10.6. The van der Waals surface area contributed by atoms with E-state index in [1.165, 1.54) is 0 Å². The van der Waals surface area contributed by atoms with E-state index in [1.807, 2.05) is 31.2 Å². The molecule has 0 amide bonds. The molecule has 0 aliphatic carbocycles. The molecule has 0 saturated heterocycles. The van der Waals surface area contributed by atoms with Gasteiger partial charge in [-0.2, -0.15) is 4.39 Å². The number of halogens is 2. The zero-order valence-electron chi connectivity index (χ0n) is 22.3. The van der Waals surface area contributed by atoms with Crippen LogP contribution >= 0.6 is 0 Å². The zero-order chi connectivity index (χ0) is 28.3. The van der Waals surface area contributed by atoms with E-state index in [0.717, 1.165) is 22.3 Å². The lowest BCUT2D eigenvalue weighted by Gasteiger charge is -2.37. The lowest BCUT2D eigenvalue weighted by atomic mass is 9.80. The maximum Gasteiger partial charge on any atom is 0.337 e. The maximum atomic E-state index is 15.3. The number of sulfonamides is 1. The maximum absolute atomic E-state index is 15.3. The number of aliphatic carboxylic acids is 1. The van der Waals surface area contributed by atoms with Crippen LogP contribution in [0.15, 0.2) is 30.5 Å². The Morgan fingerprint density at radius 1 is 1.05 bits per heavy atom. The van der Waals surface area contributed by atoms with Crippen LogP contribution in [-0.2, 0) is 26.1 Å². The number of hydrogen-bond donors (Lipinski definition) is 1. The van der Waals surface area contributed by atoms with E-state index >= 15 is 4.39 Å². The summed E-state index contributed by atoms with van der Waals surface area (Å²) in [5.41, 5.74) is 2.11. The van der Waals surface area contributed by atoms with E-state index in [0.29, 0.717) is 16.7 Å². The lowest BCUT2D eigenvalue weighted by Crippen LogP contribution is -2.35. The standard InChI is InChI=1S/C28H30F2N2O5S/c1-14-8-10-17(11-9-14)20-15(2)21-23-18(26(30)31-12-19(23)29)13-32(38(7,35)36)24(21)16(3)22(20)25(27(33)34)37-28(4,5)6/h8-12,25H,13H2,1-7H3,(H,33,34)/t25-/m0/s1. The Labute approximate surface area is 221 Å². The van der Waals surface area contributed by atoms with Crippen LogP contribution in [0.5, 0.6) is 0 Å². The summed E-state index contributed by atoms with van der Waals surface area (Å²) in [7, 11) is -4.00. The van der Waals surface area contributed by atoms with E-state index in [4.69, 9.17) is 4.74 Å². The van der Waals surface area contributed by atoms with E-state index in [-0.39, 0.29) is 33.5 Å². The first kappa shape index (κ1) is 27.7. The van der Waals surface area contributed by atoms with Gasteiger partial charge in [-0.1, -0.05) is 29.8 Å². The van der Waals surface area contributed by atoms with Crippen molar-refractivity contribution in [3.8, 4) is 22.3 Å². The fraction of sp³-hybridized carbons (Fsp3) is 0.357. The van der Waals surface area contributed by atoms with Crippen LogP contribution < -0.4 is 4.31 Å². The molecule has 3 aromatic rings. The highest BCUT2D eigenvalue weighted by Crippen LogP contribution is 2.52. The number of hydrogen-bond acceptors (Lipinski definition) is 5. The highest BCUT2D eigenvalue weighted by atomic mass is 32.2. The Morgan fingerprint density at radius 2 is 1.66 bits per heavy atom. The van der Waals surface area contributed by atoms with Gasteiger partial charge in [0.2, 0.25) is 16.0 Å². The minimum Gasteiger partial charge on any atom is -0.479 e. The second kappa shape index (κ2) is 9.43. The smallest absolute Gasteiger partial charge is 0.337 e. The molecule has 0 spiro atoms. The highest BCUT2D eigenvalue weighted by molar-refractivity contribution is 7.92. The van der Waals surface area contributed by atoms with Gasteiger partial charge in [0.15, 0.2) is 6.10 Å². The van der Waals surface area contributed by atoms with Crippen molar-refractivity contribution in [1.82, 2.24) is 4.98 Å². The average molecular weight is 545 g/mol. The van der Waals surface area contributed by atoms with Crippen molar-refractivity contribution in [2.45, 2.75) is 59.8 Å². The molecule has 1 aromatic heterocycles. The third kappa shape index (κ3) is 4.78. The molecule has 7 nitrogen and oxygen atoms in total. The zero-order valence-corrected chi connectivity index (χ0v) is 23.1. The molecule has 0 bridgehead atoms. The predicted molar refractivity (Wildman–Crippen MR) is 141 cm³/mol. The minimum absolute atomic E-state index is 0.0865. The quantitative estimate of drug-likeness (QED) is 0.406. The van der Waals surface area contributed by atoms with Gasteiger partial charge in [0, 0.05) is 22.3 Å². The van der Waals surface area contributed by atoms with Gasteiger partial charge in [-0.15, -0.1) is 0 Å². The Morgan fingerprint density at radius 3 is 2.18 bits per heavy atom. The summed E-state index contributed by atoms with van der Waals surface area (Å²) in [6.07, 6.45) is 0.261. The van der Waals surface area contributed by atoms with Gasteiger partial charge in [0.05, 0.1) is 30.3 Å². The number of carbonyl (C=O) groups is 1. The number of nitrogens with zero attached hydrogens (tertiary/aromatic N) is 2. The number of aryl methyl sites for hydroxylation is 1. The number of fused-ring (bicyclic) bond motifs is 3. The average Bonchev–Trinajstić information content (AvgIpc) is 2.80. The topological polar surface area (TPSA) is 96.8 Å². The van der Waals surface area contributed by atoms with Crippen LogP contribution in [0.25, 0.3) is 22.3 Å². The third-order valence-electron chi connectivity index (χ3n) is 6.60. The van der Waals surface area contributed by atoms with Gasteiger partial charge in [-0.05, 0) is 63.8 Å². The van der Waals surface area contributed by atoms with Crippen molar-refractivity contribution in [2.24, 2.45) is 0 Å². The van der Waals surface area contributed by atoms with Crippen molar-refractivity contribution in [1.29, 1.82) is 0 Å². The van der Waals surface area contributed by atoms with E-state index < -0.39 is 46.0 Å². The first-order valence-corrected chi connectivity index (χ1v) is 13.8. The largest absolute Gasteiger partial charge is 0.479 e. The summed E-state index contributed by atoms with van der Waals surface area (Å²) >= 11 is 0. The number of rotatable bonds is 5. The first-order chi connectivity index (χ1) is 17.5. The molecule has 4 rings (SSSR count). The molecule has 0 unspecified atom stereocenters. The Kier molecular flexibility index (Phi) is 6.86. The fourth-order valence-corrected chi connectivity index (χ4v) is 5.98. The van der Waals surface area contributed by atoms with Crippen LogP contribution in [0.1, 0.15) is 54.7 Å². The van der Waals surface area contributed by atoms with Crippen molar-refractivity contribution >= 4 is 21.7 Å². The molecule has 0 fully saturated rings. The molecule has 202 valence electrons. The molecule has 1 atom stereocenters. The SMILES string of the molecule is Cc1ccc(-c2c(C)c3c(c(C)c2[C@H](OC(C)(C)C)C(=O)O)N(S(C)(=O)=O)Cc2c(F)ncc(F)c2-3)cc1. The van der Waals surface area contributed by atoms with E-state index in [9.17, 15) is 22.7 Å². The van der Waals surface area contributed by atoms with Crippen LogP contribution in [0.4, 0.5) is 14.5 Å². The van der Waals surface area contributed by atoms with Crippen LogP contribution in [0.3, 0.4) is 0 Å². The number of carboxylic acid groups (broad SMARTS) is 1. The number of benzene rings is 2. The summed E-state index contributed by atoms with van der Waals surface area (Å²) in [6.45, 7) is 9.83. The van der Waals surface area contributed by atoms with E-state index in [2.05, 4.69) is 4.98 Å². The number of anilines is 1. The molecular weight excluding hydrogens is 514 g/mol. The molecule has 38 heavy (non-hydrogen) atoms. The monoisotopic (exact) mass is 544 g/mol. The normalized spacial score (nSPS) is 14.2. The Hall–Kier alpha value is -3.37. The number of ether oxygens (including phenoxy) is 1. The molecule has 10 heteroatoms. The number of pyridine rings is 1. The Bertz CT molecular complexity index is 1560. The molecule has 1 N–H and O–H groups in total. The second-order valence-corrected chi connectivity index (χ2v) is 12.5. The molecule has 1 aliphatic rings. The molecule has 0 saturated carbocycles. The Balaban J connectivity index is 2.25. The van der Waals surface area contributed by atoms with Gasteiger partial charge in [0.1, 0.15) is 5.82 Å². The van der Waals surface area contributed by atoms with Crippen molar-refractivity contribution < 1.29 is 31.8 Å². The first-order valence-electron chi connectivity index (χ1n) is 12.0. The molecular formula is C28H30F2N2O5S. The summed E-state index contributed by atoms with van der Waals surface area (Å²) in [5, 5.41) is 10.3. The van der Waals surface area contributed by atoms with Crippen LogP contribution in [0, 0.1) is 32.5 Å². The molecule has 2 aromatic carbocycles. The predicted octanol–water partition coefficient (Wildman–Crippen LogP) is 5.84. The van der Waals surface area contributed by atoms with Crippen molar-refractivity contribution in [3.63, 3.8) is 0 Å². The summed E-state index contributed by atoms with van der Waals surface area (Å²) in [6, 6.07) is 7.33. The molecule has 1 aliphatic heterocycles. The molecule has 0 radical (unpaired) electrons. The van der Waals surface area contributed by atoms with Gasteiger partial charge in [0.25, 0.3) is 0 Å². The van der Waals surface area contributed by atoms with Gasteiger partial charge < -0.3 is 9.84 Å². The number of carboxylic acids is 1. The van der Waals surface area contributed by atoms with Crippen LogP contribution in [0.2, 0.25) is 0 Å².